The molecular weight excluding hydrogens is 575 g/mol. The van der Waals surface area contributed by atoms with E-state index in [2.05, 4.69) is 72.3 Å². The molecule has 0 fully saturated rings. The van der Waals surface area contributed by atoms with Crippen LogP contribution >= 0.6 is 15.9 Å². The molecule has 1 heterocycles. The lowest BCUT2D eigenvalue weighted by molar-refractivity contribution is -0.137. The van der Waals surface area contributed by atoms with Crippen LogP contribution in [-0.2, 0) is 12.6 Å². The van der Waals surface area contributed by atoms with E-state index in [-0.39, 0.29) is 5.92 Å². The number of nitrogens with zero attached hydrogens (tertiary/aromatic N) is 3. The zero-order valence-corrected chi connectivity index (χ0v) is 26.2. The lowest BCUT2D eigenvalue weighted by Gasteiger charge is -2.18. The number of aromatic nitrogens is 1. The molecule has 40 heavy (non-hydrogen) atoms. The van der Waals surface area contributed by atoms with Gasteiger partial charge in [0.25, 0.3) is 0 Å². The summed E-state index contributed by atoms with van der Waals surface area (Å²) in [5.41, 5.74) is 4.99. The standard InChI is InChI=1S/C26H34BrF3N2.C7H9N/c1-7-10-21(25(15-18(2)3)32-20(5)24(27)17-31-6)12-8-11-19(4)22-13-9-14-23(16-22)26(28,29)30;1-2-7-4-3-5-8-6-7/h9,13-17,21H,4,7-8,10-12H2,1-3,5-6H3;3-6H,2H2,1H3/b24-20-,31-17?,32-25?;. The number of rotatable bonds is 12. The van der Waals surface area contributed by atoms with Crippen molar-refractivity contribution in [2.45, 2.75) is 79.3 Å². The summed E-state index contributed by atoms with van der Waals surface area (Å²) >= 11 is 3.51. The van der Waals surface area contributed by atoms with Gasteiger partial charge in [-0.1, -0.05) is 50.6 Å². The van der Waals surface area contributed by atoms with Crippen LogP contribution in [0.5, 0.6) is 0 Å². The molecule has 0 aliphatic carbocycles. The molecule has 7 heteroatoms. The van der Waals surface area contributed by atoms with E-state index in [1.54, 1.807) is 25.5 Å². The highest BCUT2D eigenvalue weighted by Gasteiger charge is 2.30. The van der Waals surface area contributed by atoms with E-state index < -0.39 is 11.7 Å². The van der Waals surface area contributed by atoms with Gasteiger partial charge in [-0.05, 0) is 110 Å². The Morgan fingerprint density at radius 1 is 1.10 bits per heavy atom. The van der Waals surface area contributed by atoms with E-state index in [0.717, 1.165) is 59.6 Å². The van der Waals surface area contributed by atoms with Crippen LogP contribution in [0.3, 0.4) is 0 Å². The van der Waals surface area contributed by atoms with E-state index in [4.69, 9.17) is 4.99 Å². The van der Waals surface area contributed by atoms with E-state index in [9.17, 15) is 13.2 Å². The summed E-state index contributed by atoms with van der Waals surface area (Å²) in [6.07, 6.45) is 8.64. The Morgan fingerprint density at radius 2 is 1.82 bits per heavy atom. The van der Waals surface area contributed by atoms with E-state index in [1.165, 1.54) is 23.3 Å². The largest absolute Gasteiger partial charge is 0.416 e. The number of hydrogen-bond acceptors (Lipinski definition) is 3. The number of hydrogen-bond donors (Lipinski definition) is 0. The Kier molecular flexibility index (Phi) is 16.3. The summed E-state index contributed by atoms with van der Waals surface area (Å²) in [5.74, 6) is 0.262. The van der Waals surface area contributed by atoms with Gasteiger partial charge in [0.1, 0.15) is 0 Å². The highest BCUT2D eigenvalue weighted by atomic mass is 79.9. The van der Waals surface area contributed by atoms with Gasteiger partial charge < -0.3 is 0 Å². The molecular formula is C33H43BrF3N3. The molecule has 218 valence electrons. The Bertz CT molecular complexity index is 1170. The predicted molar refractivity (Wildman–Crippen MR) is 169 cm³/mol. The molecule has 0 aliphatic heterocycles. The maximum Gasteiger partial charge on any atom is 0.416 e. The van der Waals surface area contributed by atoms with Gasteiger partial charge in [0.05, 0.1) is 15.7 Å². The summed E-state index contributed by atoms with van der Waals surface area (Å²) in [5, 5.41) is 0. The minimum atomic E-state index is -4.35. The second kappa shape index (κ2) is 18.5. The van der Waals surface area contributed by atoms with Crippen LogP contribution in [-0.4, -0.2) is 24.0 Å². The predicted octanol–water partition coefficient (Wildman–Crippen LogP) is 10.7. The molecule has 0 aliphatic rings. The zero-order chi connectivity index (χ0) is 30.1. The first-order chi connectivity index (χ1) is 18.9. The number of allylic oxidation sites excluding steroid dienone is 5. The summed E-state index contributed by atoms with van der Waals surface area (Å²) in [6, 6.07) is 9.44. The zero-order valence-electron chi connectivity index (χ0n) is 24.7. The fourth-order valence-electron chi connectivity index (χ4n) is 4.01. The number of halogens is 4. The van der Waals surface area contributed by atoms with Crippen molar-refractivity contribution in [1.29, 1.82) is 0 Å². The van der Waals surface area contributed by atoms with E-state index in [0.29, 0.717) is 12.0 Å². The van der Waals surface area contributed by atoms with Crippen molar-refractivity contribution in [2.24, 2.45) is 15.9 Å². The molecule has 1 unspecified atom stereocenters. The quantitative estimate of drug-likeness (QED) is 0.218. The van der Waals surface area contributed by atoms with Crippen LogP contribution in [0.2, 0.25) is 0 Å². The number of alkyl halides is 3. The van der Waals surface area contributed by atoms with Gasteiger partial charge in [-0.2, -0.15) is 13.2 Å². The van der Waals surface area contributed by atoms with Gasteiger partial charge in [-0.3, -0.25) is 15.0 Å². The number of aliphatic imine (C=N–C) groups is 2. The summed E-state index contributed by atoms with van der Waals surface area (Å²) in [6.45, 7) is 14.4. The molecule has 0 radical (unpaired) electrons. The molecule has 2 aromatic rings. The molecule has 0 N–H and O–H groups in total. The van der Waals surface area contributed by atoms with Crippen LogP contribution in [0.4, 0.5) is 13.2 Å². The fraction of sp³-hybridized carbons (Fsp3) is 0.424. The molecule has 0 spiro atoms. The second-order valence-electron chi connectivity index (χ2n) is 9.85. The van der Waals surface area contributed by atoms with Crippen LogP contribution in [0.25, 0.3) is 5.57 Å². The average Bonchev–Trinajstić information content (AvgIpc) is 2.92. The Labute approximate surface area is 247 Å². The highest BCUT2D eigenvalue weighted by Crippen LogP contribution is 2.32. The average molecular weight is 619 g/mol. The summed E-state index contributed by atoms with van der Waals surface area (Å²) < 4.78 is 39.9. The van der Waals surface area contributed by atoms with Crippen molar-refractivity contribution in [2.75, 3.05) is 7.05 Å². The smallest absolute Gasteiger partial charge is 0.295 e. The lowest BCUT2D eigenvalue weighted by Crippen LogP contribution is -2.13. The SMILES string of the molecule is C=C(CCCC(CCC)C(C=C(C)C)=N/C(C)=C(\Br)C=NC)c1cccc(C(F)(F)F)c1.CCc1cccnc1. The van der Waals surface area contributed by atoms with Gasteiger partial charge >= 0.3 is 6.18 Å². The third-order valence-electron chi connectivity index (χ3n) is 6.14. The van der Waals surface area contributed by atoms with Crippen molar-refractivity contribution >= 4 is 33.4 Å². The van der Waals surface area contributed by atoms with E-state index >= 15 is 0 Å². The molecule has 1 aromatic heterocycles. The van der Waals surface area contributed by atoms with Crippen molar-refractivity contribution in [3.63, 3.8) is 0 Å². The second-order valence-corrected chi connectivity index (χ2v) is 10.7. The monoisotopic (exact) mass is 617 g/mol. The first-order valence-electron chi connectivity index (χ1n) is 13.7. The molecule has 0 bridgehead atoms. The third kappa shape index (κ3) is 13.5. The highest BCUT2D eigenvalue weighted by molar-refractivity contribution is 9.12. The van der Waals surface area contributed by atoms with Crippen LogP contribution in [0.15, 0.2) is 87.2 Å². The summed E-state index contributed by atoms with van der Waals surface area (Å²) in [4.78, 5) is 12.9. The molecule has 1 atom stereocenters. The maximum absolute atomic E-state index is 13.0. The first-order valence-corrected chi connectivity index (χ1v) is 14.5. The van der Waals surface area contributed by atoms with Crippen LogP contribution < -0.4 is 0 Å². The van der Waals surface area contributed by atoms with Gasteiger partial charge in [0.2, 0.25) is 0 Å². The van der Waals surface area contributed by atoms with Crippen molar-refractivity contribution < 1.29 is 13.2 Å². The molecule has 3 nitrogen and oxygen atoms in total. The molecule has 1 aromatic carbocycles. The lowest BCUT2D eigenvalue weighted by atomic mass is 9.89. The van der Waals surface area contributed by atoms with Crippen molar-refractivity contribution in [3.05, 3.63) is 93.9 Å². The molecule has 0 saturated carbocycles. The minimum absolute atomic E-state index is 0.262. The number of pyridine rings is 1. The van der Waals surface area contributed by atoms with Crippen molar-refractivity contribution in [3.8, 4) is 0 Å². The number of benzene rings is 1. The fourth-order valence-corrected chi connectivity index (χ4v) is 4.30. The minimum Gasteiger partial charge on any atom is -0.295 e. The molecule has 0 saturated heterocycles. The Hall–Kier alpha value is -2.80. The molecule has 0 amide bonds. The number of aryl methyl sites for hydroxylation is 1. The maximum atomic E-state index is 13.0. The van der Waals surface area contributed by atoms with Gasteiger partial charge in [-0.15, -0.1) is 0 Å². The Balaban J connectivity index is 0.000000850. The summed E-state index contributed by atoms with van der Waals surface area (Å²) in [7, 11) is 1.71. The van der Waals surface area contributed by atoms with E-state index in [1.807, 2.05) is 19.2 Å². The normalized spacial score (nSPS) is 13.3. The van der Waals surface area contributed by atoms with Crippen LogP contribution in [0.1, 0.15) is 83.4 Å². The Morgan fingerprint density at radius 3 is 2.35 bits per heavy atom. The van der Waals surface area contributed by atoms with Crippen molar-refractivity contribution in [1.82, 2.24) is 4.98 Å². The van der Waals surface area contributed by atoms with Gasteiger partial charge in [0.15, 0.2) is 0 Å². The van der Waals surface area contributed by atoms with Gasteiger partial charge in [0, 0.05) is 37.3 Å². The molecule has 2 rings (SSSR count). The van der Waals surface area contributed by atoms with Gasteiger partial charge in [-0.25, -0.2) is 0 Å². The topological polar surface area (TPSA) is 37.6 Å². The first kappa shape index (κ1) is 35.2. The third-order valence-corrected chi connectivity index (χ3v) is 6.92. The van der Waals surface area contributed by atoms with Crippen LogP contribution in [0, 0.1) is 5.92 Å².